The zero-order valence-electron chi connectivity index (χ0n) is 15.6. The maximum atomic E-state index is 13.2. The molecule has 0 spiro atoms. The average Bonchev–Trinajstić information content (AvgIpc) is 2.93. The van der Waals surface area contributed by atoms with Crippen molar-refractivity contribution < 1.29 is 15.0 Å². The summed E-state index contributed by atoms with van der Waals surface area (Å²) in [5, 5.41) is 21.4. The van der Waals surface area contributed by atoms with Crippen LogP contribution in [0.2, 0.25) is 0 Å². The van der Waals surface area contributed by atoms with Gasteiger partial charge >= 0.3 is 0 Å². The topological polar surface area (TPSA) is 57.5 Å². The summed E-state index contributed by atoms with van der Waals surface area (Å²) in [4.78, 5) is 13.2. The number of rotatable bonds is 6. The number of allylic oxidation sites excluding steroid dienone is 3. The Morgan fingerprint density at radius 1 is 1.24 bits per heavy atom. The molecule has 3 aliphatic carbocycles. The number of carbonyl (C=O) groups excluding carboxylic acids is 1. The highest BCUT2D eigenvalue weighted by Crippen LogP contribution is 2.47. The summed E-state index contributed by atoms with van der Waals surface area (Å²) >= 11 is 0. The third kappa shape index (κ3) is 3.68. The maximum Gasteiger partial charge on any atom is 0.176 e. The Bertz CT molecular complexity index is 600. The fourth-order valence-electron chi connectivity index (χ4n) is 4.82. The summed E-state index contributed by atoms with van der Waals surface area (Å²) in [5.74, 6) is -0.472. The standard InChI is InChI=1S/C22H32O3/c1-3-4-5-6-7-8-17-10-9-15(2)11-20-19-13-18(23)12-16(19)14-22(17,25)21(20)24/h9-11,14,17-20,23,25H,3-8,12-13H2,1-2H3/b10-9-,15-11-/t17?,18-,19+,20-,22+/m0/s1. The van der Waals surface area contributed by atoms with Crippen LogP contribution in [-0.4, -0.2) is 27.7 Å². The van der Waals surface area contributed by atoms with E-state index in [9.17, 15) is 15.0 Å². The number of Topliss-reactive ketones (excluding diaryl/α,β-unsaturated/α-hetero) is 1. The first kappa shape index (κ1) is 18.6. The number of carbonyl (C=O) groups is 1. The van der Waals surface area contributed by atoms with Crippen molar-refractivity contribution in [3.05, 3.63) is 35.5 Å². The highest BCUT2D eigenvalue weighted by molar-refractivity contribution is 5.95. The van der Waals surface area contributed by atoms with Crippen LogP contribution in [0.25, 0.3) is 0 Å². The molecule has 0 saturated heterocycles. The van der Waals surface area contributed by atoms with Crippen LogP contribution in [0.3, 0.4) is 0 Å². The third-order valence-electron chi connectivity index (χ3n) is 6.23. The van der Waals surface area contributed by atoms with Crippen LogP contribution in [0.1, 0.15) is 65.2 Å². The molecule has 0 aromatic rings. The summed E-state index contributed by atoms with van der Waals surface area (Å²) in [6, 6.07) is 0. The van der Waals surface area contributed by atoms with E-state index in [0.717, 1.165) is 30.4 Å². The second-order valence-corrected chi connectivity index (χ2v) is 8.21. The van der Waals surface area contributed by atoms with Gasteiger partial charge in [0, 0.05) is 11.8 Å². The number of ketones is 1. The Hall–Kier alpha value is -1.19. The van der Waals surface area contributed by atoms with Gasteiger partial charge in [-0.3, -0.25) is 4.79 Å². The highest BCUT2D eigenvalue weighted by atomic mass is 16.3. The second-order valence-electron chi connectivity index (χ2n) is 8.21. The van der Waals surface area contributed by atoms with E-state index in [1.165, 1.54) is 19.3 Å². The number of unbranched alkanes of at least 4 members (excludes halogenated alkanes) is 4. The van der Waals surface area contributed by atoms with Crippen LogP contribution in [-0.2, 0) is 4.79 Å². The average molecular weight is 344 g/mol. The van der Waals surface area contributed by atoms with E-state index in [4.69, 9.17) is 0 Å². The molecule has 2 bridgehead atoms. The Labute approximate surface area is 151 Å². The molecular formula is C22H32O3. The smallest absolute Gasteiger partial charge is 0.176 e. The van der Waals surface area contributed by atoms with Gasteiger partial charge in [-0.15, -0.1) is 0 Å². The van der Waals surface area contributed by atoms with Crippen LogP contribution in [0.4, 0.5) is 0 Å². The van der Waals surface area contributed by atoms with Crippen molar-refractivity contribution in [3.63, 3.8) is 0 Å². The van der Waals surface area contributed by atoms with Crippen molar-refractivity contribution in [2.24, 2.45) is 17.8 Å². The van der Waals surface area contributed by atoms with Crippen molar-refractivity contribution in [1.29, 1.82) is 0 Å². The minimum atomic E-state index is -1.40. The molecule has 3 rings (SSSR count). The quantitative estimate of drug-likeness (QED) is 0.563. The molecule has 3 aliphatic rings. The van der Waals surface area contributed by atoms with Gasteiger partial charge in [0.2, 0.25) is 0 Å². The lowest BCUT2D eigenvalue weighted by atomic mass is 9.65. The normalized spacial score (nSPS) is 40.6. The molecule has 2 N–H and O–H groups in total. The molecule has 0 aromatic heterocycles. The van der Waals surface area contributed by atoms with Crippen molar-refractivity contribution in [2.75, 3.05) is 0 Å². The Morgan fingerprint density at radius 2 is 2.00 bits per heavy atom. The van der Waals surface area contributed by atoms with Gasteiger partial charge in [0.1, 0.15) is 5.60 Å². The number of fused-ring (bicyclic) bond motifs is 4. The van der Waals surface area contributed by atoms with E-state index < -0.39 is 5.60 Å². The lowest BCUT2D eigenvalue weighted by Gasteiger charge is -2.40. The summed E-state index contributed by atoms with van der Waals surface area (Å²) in [6.07, 6.45) is 15.4. The first-order valence-corrected chi connectivity index (χ1v) is 9.98. The molecule has 5 atom stereocenters. The molecule has 1 saturated carbocycles. The fraction of sp³-hybridized carbons (Fsp3) is 0.682. The Kier molecular flexibility index (Phi) is 5.65. The van der Waals surface area contributed by atoms with Gasteiger partial charge in [-0.2, -0.15) is 0 Å². The SMILES string of the molecule is CCCCCCCC1/C=C\C(C)=C/[C@@H]2C(=O)[C@@]1(O)C=C1C[C@H](O)C[C@H]12. The van der Waals surface area contributed by atoms with Crippen LogP contribution >= 0.6 is 0 Å². The zero-order valence-corrected chi connectivity index (χ0v) is 15.6. The van der Waals surface area contributed by atoms with Gasteiger partial charge in [0.05, 0.1) is 6.10 Å². The largest absolute Gasteiger partial charge is 0.393 e. The number of aliphatic hydroxyl groups is 2. The molecular weight excluding hydrogens is 312 g/mol. The van der Waals surface area contributed by atoms with Gasteiger partial charge in [-0.25, -0.2) is 0 Å². The molecule has 3 heteroatoms. The van der Waals surface area contributed by atoms with Crippen molar-refractivity contribution in [1.82, 2.24) is 0 Å². The molecule has 1 fully saturated rings. The molecule has 138 valence electrons. The van der Waals surface area contributed by atoms with Crippen LogP contribution in [0.15, 0.2) is 35.5 Å². The molecule has 0 amide bonds. The first-order valence-electron chi connectivity index (χ1n) is 9.98. The molecule has 1 unspecified atom stereocenters. The summed E-state index contributed by atoms with van der Waals surface area (Å²) < 4.78 is 0. The number of hydrogen-bond acceptors (Lipinski definition) is 3. The van der Waals surface area contributed by atoms with E-state index in [2.05, 4.69) is 13.0 Å². The molecule has 0 radical (unpaired) electrons. The van der Waals surface area contributed by atoms with Crippen LogP contribution < -0.4 is 0 Å². The predicted octanol–water partition coefficient (Wildman–Crippen LogP) is 4.11. The monoisotopic (exact) mass is 344 g/mol. The van der Waals surface area contributed by atoms with Crippen LogP contribution in [0.5, 0.6) is 0 Å². The maximum absolute atomic E-state index is 13.2. The van der Waals surface area contributed by atoms with Crippen LogP contribution in [0, 0.1) is 17.8 Å². The minimum Gasteiger partial charge on any atom is -0.393 e. The Morgan fingerprint density at radius 3 is 2.76 bits per heavy atom. The van der Waals surface area contributed by atoms with Gasteiger partial charge in [-0.1, -0.05) is 68.4 Å². The minimum absolute atomic E-state index is 0.0643. The second kappa shape index (κ2) is 7.59. The number of hydrogen-bond donors (Lipinski definition) is 2. The van der Waals surface area contributed by atoms with E-state index in [-0.39, 0.29) is 29.6 Å². The van der Waals surface area contributed by atoms with E-state index in [0.29, 0.717) is 12.8 Å². The third-order valence-corrected chi connectivity index (χ3v) is 6.23. The molecule has 3 nitrogen and oxygen atoms in total. The lowest BCUT2D eigenvalue weighted by molar-refractivity contribution is -0.141. The van der Waals surface area contributed by atoms with E-state index in [1.807, 2.05) is 25.2 Å². The van der Waals surface area contributed by atoms with Crippen molar-refractivity contribution >= 4 is 5.78 Å². The predicted molar refractivity (Wildman–Crippen MR) is 100 cm³/mol. The summed E-state index contributed by atoms with van der Waals surface area (Å²) in [7, 11) is 0. The van der Waals surface area contributed by atoms with Crippen molar-refractivity contribution in [3.8, 4) is 0 Å². The summed E-state index contributed by atoms with van der Waals surface area (Å²) in [6.45, 7) is 4.23. The molecule has 0 heterocycles. The van der Waals surface area contributed by atoms with Gasteiger partial charge < -0.3 is 10.2 Å². The van der Waals surface area contributed by atoms with Gasteiger partial charge in [0.15, 0.2) is 5.78 Å². The highest BCUT2D eigenvalue weighted by Gasteiger charge is 2.52. The molecule has 0 aliphatic heterocycles. The van der Waals surface area contributed by atoms with Gasteiger partial charge in [0.25, 0.3) is 0 Å². The van der Waals surface area contributed by atoms with E-state index in [1.54, 1.807) is 0 Å². The lowest BCUT2D eigenvalue weighted by Crippen LogP contribution is -2.51. The zero-order chi connectivity index (χ0) is 18.0. The number of aliphatic hydroxyl groups excluding tert-OH is 1. The first-order chi connectivity index (χ1) is 12.0. The molecule has 25 heavy (non-hydrogen) atoms. The molecule has 0 aromatic carbocycles. The Balaban J connectivity index is 1.86. The van der Waals surface area contributed by atoms with Crippen molar-refractivity contribution in [2.45, 2.75) is 76.9 Å². The van der Waals surface area contributed by atoms with E-state index >= 15 is 0 Å². The summed E-state index contributed by atoms with van der Waals surface area (Å²) in [5.41, 5.74) is 0.757. The fourth-order valence-corrected chi connectivity index (χ4v) is 4.82. The van der Waals surface area contributed by atoms with Gasteiger partial charge in [-0.05, 0) is 38.2 Å².